The van der Waals surface area contributed by atoms with Gasteiger partial charge in [-0.25, -0.2) is 0 Å². The number of hydrogen-bond acceptors (Lipinski definition) is 4. The molecule has 2 aliphatic rings. The van der Waals surface area contributed by atoms with Gasteiger partial charge in [-0.1, -0.05) is 6.42 Å². The topological polar surface area (TPSA) is 41.6 Å². The molecule has 0 aromatic heterocycles. The molecule has 0 aromatic rings. The highest BCUT2D eigenvalue weighted by Crippen LogP contribution is 2.41. The third kappa shape index (κ3) is 3.04. The Kier molecular flexibility index (Phi) is 4.62. The molecule has 1 atom stereocenters. The molecule has 0 bridgehead atoms. The van der Waals surface area contributed by atoms with E-state index in [1.54, 1.807) is 0 Å². The molecular formula is C14H26N2O2. The zero-order valence-electron chi connectivity index (χ0n) is 11.7. The number of ether oxygens (including phenoxy) is 1. The van der Waals surface area contributed by atoms with E-state index in [0.717, 1.165) is 38.3 Å². The third-order valence-corrected chi connectivity index (χ3v) is 4.55. The summed E-state index contributed by atoms with van der Waals surface area (Å²) in [5.41, 5.74) is -0.213. The number of piperidine rings is 1. The Bertz CT molecular complexity index is 290. The predicted molar refractivity (Wildman–Crippen MR) is 71.4 cm³/mol. The van der Waals surface area contributed by atoms with Crippen LogP contribution in [0.2, 0.25) is 0 Å². The fourth-order valence-corrected chi connectivity index (χ4v) is 3.23. The van der Waals surface area contributed by atoms with Crippen LogP contribution >= 0.6 is 0 Å². The average Bonchev–Trinajstić information content (AvgIpc) is 2.32. The van der Waals surface area contributed by atoms with E-state index in [2.05, 4.69) is 17.3 Å². The van der Waals surface area contributed by atoms with E-state index in [1.165, 1.54) is 33.0 Å². The fourth-order valence-electron chi connectivity index (χ4n) is 3.23. The smallest absolute Gasteiger partial charge is 0.313 e. The van der Waals surface area contributed by atoms with Gasteiger partial charge in [-0.15, -0.1) is 0 Å². The Morgan fingerprint density at radius 2 is 2.22 bits per heavy atom. The highest BCUT2D eigenvalue weighted by molar-refractivity contribution is 5.78. The molecule has 104 valence electrons. The number of nitrogens with zero attached hydrogens (tertiary/aromatic N) is 1. The zero-order chi connectivity index (χ0) is 13.0. The van der Waals surface area contributed by atoms with Crippen LogP contribution in [-0.2, 0) is 9.53 Å². The van der Waals surface area contributed by atoms with Crippen LogP contribution in [0.15, 0.2) is 0 Å². The van der Waals surface area contributed by atoms with E-state index in [-0.39, 0.29) is 11.4 Å². The van der Waals surface area contributed by atoms with Crippen LogP contribution in [0, 0.1) is 11.3 Å². The summed E-state index contributed by atoms with van der Waals surface area (Å²) in [6, 6.07) is 0. The van der Waals surface area contributed by atoms with Crippen LogP contribution in [0.25, 0.3) is 0 Å². The third-order valence-electron chi connectivity index (χ3n) is 4.55. The lowest BCUT2D eigenvalue weighted by molar-refractivity contribution is -0.158. The lowest BCUT2D eigenvalue weighted by atomic mass is 9.68. The van der Waals surface area contributed by atoms with Gasteiger partial charge in [0, 0.05) is 13.1 Å². The molecule has 0 spiro atoms. The van der Waals surface area contributed by atoms with Gasteiger partial charge < -0.3 is 15.0 Å². The van der Waals surface area contributed by atoms with Gasteiger partial charge in [-0.2, -0.15) is 0 Å². The lowest BCUT2D eigenvalue weighted by Gasteiger charge is -2.39. The first-order chi connectivity index (χ1) is 8.66. The molecule has 18 heavy (non-hydrogen) atoms. The summed E-state index contributed by atoms with van der Waals surface area (Å²) >= 11 is 0. The van der Waals surface area contributed by atoms with E-state index in [4.69, 9.17) is 4.74 Å². The molecule has 0 amide bonds. The molecule has 1 aliphatic carbocycles. The van der Waals surface area contributed by atoms with Gasteiger partial charge >= 0.3 is 5.97 Å². The first-order valence-electron chi connectivity index (χ1n) is 7.14. The fraction of sp³-hybridized carbons (Fsp3) is 0.929. The molecule has 1 saturated carbocycles. The van der Waals surface area contributed by atoms with Crippen molar-refractivity contribution in [1.29, 1.82) is 0 Å². The summed E-state index contributed by atoms with van der Waals surface area (Å²) in [6.07, 6.45) is 5.73. The van der Waals surface area contributed by atoms with Crippen molar-refractivity contribution in [3.63, 3.8) is 0 Å². The van der Waals surface area contributed by atoms with Crippen LogP contribution in [0.5, 0.6) is 0 Å². The molecule has 2 fully saturated rings. The van der Waals surface area contributed by atoms with Crippen LogP contribution in [0.1, 0.15) is 32.1 Å². The van der Waals surface area contributed by atoms with Gasteiger partial charge in [0.2, 0.25) is 0 Å². The summed E-state index contributed by atoms with van der Waals surface area (Å²) in [5.74, 6) is 0.709. The Morgan fingerprint density at radius 1 is 1.44 bits per heavy atom. The number of methoxy groups -OCH3 is 1. The number of carbonyl (C=O) groups is 1. The van der Waals surface area contributed by atoms with Crippen LogP contribution in [-0.4, -0.2) is 51.2 Å². The van der Waals surface area contributed by atoms with Crippen molar-refractivity contribution in [2.45, 2.75) is 32.1 Å². The Balaban J connectivity index is 1.72. The molecule has 4 heteroatoms. The van der Waals surface area contributed by atoms with Gasteiger partial charge in [0.15, 0.2) is 0 Å². The quantitative estimate of drug-likeness (QED) is 0.750. The van der Waals surface area contributed by atoms with Crippen molar-refractivity contribution in [3.8, 4) is 0 Å². The summed E-state index contributed by atoms with van der Waals surface area (Å²) in [4.78, 5) is 14.2. The molecule has 1 heterocycles. The van der Waals surface area contributed by atoms with Gasteiger partial charge in [0.05, 0.1) is 12.5 Å². The van der Waals surface area contributed by atoms with Crippen molar-refractivity contribution < 1.29 is 9.53 Å². The minimum absolute atomic E-state index is 0.0259. The van der Waals surface area contributed by atoms with E-state index in [0.29, 0.717) is 0 Å². The lowest BCUT2D eigenvalue weighted by Crippen LogP contribution is -2.48. The summed E-state index contributed by atoms with van der Waals surface area (Å²) in [7, 11) is 3.69. The van der Waals surface area contributed by atoms with E-state index < -0.39 is 0 Å². The molecule has 0 radical (unpaired) electrons. The van der Waals surface area contributed by atoms with E-state index in [1.807, 2.05) is 0 Å². The Hall–Kier alpha value is -0.610. The number of hydrogen-bond donors (Lipinski definition) is 1. The Morgan fingerprint density at radius 3 is 2.78 bits per heavy atom. The van der Waals surface area contributed by atoms with Crippen molar-refractivity contribution in [3.05, 3.63) is 0 Å². The number of rotatable bonds is 5. The molecule has 0 aromatic carbocycles. The molecule has 2 rings (SSSR count). The summed E-state index contributed by atoms with van der Waals surface area (Å²) in [5, 5.41) is 3.51. The minimum Gasteiger partial charge on any atom is -0.469 e. The van der Waals surface area contributed by atoms with Crippen LogP contribution in [0.4, 0.5) is 0 Å². The molecule has 1 saturated heterocycles. The van der Waals surface area contributed by atoms with Gasteiger partial charge in [0.25, 0.3) is 0 Å². The normalized spacial score (nSPS) is 27.6. The zero-order valence-corrected chi connectivity index (χ0v) is 11.7. The SMILES string of the molecule is COC(=O)C1(CNCC2CCCN(C)C2)CCC1. The van der Waals surface area contributed by atoms with E-state index in [9.17, 15) is 4.79 Å². The average molecular weight is 254 g/mol. The molecule has 1 unspecified atom stereocenters. The van der Waals surface area contributed by atoms with Gasteiger partial charge in [-0.05, 0) is 51.7 Å². The second kappa shape index (κ2) is 6.02. The first kappa shape index (κ1) is 13.8. The standard InChI is InChI=1S/C14H26N2O2/c1-16-8-3-5-12(10-16)9-15-11-14(6-4-7-14)13(17)18-2/h12,15H,3-11H2,1-2H3. The van der Waals surface area contributed by atoms with Gasteiger partial charge in [-0.3, -0.25) is 4.79 Å². The summed E-state index contributed by atoms with van der Waals surface area (Å²) in [6.45, 7) is 4.23. The Labute approximate surface area is 110 Å². The predicted octanol–water partition coefficient (Wildman–Crippen LogP) is 1.26. The molecule has 1 N–H and O–H groups in total. The maximum absolute atomic E-state index is 11.8. The van der Waals surface area contributed by atoms with Crippen molar-refractivity contribution in [2.24, 2.45) is 11.3 Å². The largest absolute Gasteiger partial charge is 0.469 e. The summed E-state index contributed by atoms with van der Waals surface area (Å²) < 4.78 is 4.93. The van der Waals surface area contributed by atoms with E-state index >= 15 is 0 Å². The number of nitrogens with one attached hydrogen (secondary N) is 1. The van der Waals surface area contributed by atoms with Gasteiger partial charge in [0.1, 0.15) is 0 Å². The maximum atomic E-state index is 11.8. The first-order valence-corrected chi connectivity index (χ1v) is 7.14. The second-order valence-electron chi connectivity index (χ2n) is 6.03. The van der Waals surface area contributed by atoms with Crippen molar-refractivity contribution in [2.75, 3.05) is 40.3 Å². The maximum Gasteiger partial charge on any atom is 0.313 e. The number of likely N-dealkylation sites (tertiary alicyclic amines) is 1. The highest BCUT2D eigenvalue weighted by atomic mass is 16.5. The molecular weight excluding hydrogens is 228 g/mol. The molecule has 1 aliphatic heterocycles. The monoisotopic (exact) mass is 254 g/mol. The molecule has 4 nitrogen and oxygen atoms in total. The number of carbonyl (C=O) groups excluding carboxylic acids is 1. The number of esters is 1. The highest BCUT2D eigenvalue weighted by Gasteiger charge is 2.44. The van der Waals surface area contributed by atoms with Crippen LogP contribution in [0.3, 0.4) is 0 Å². The van der Waals surface area contributed by atoms with Crippen LogP contribution < -0.4 is 5.32 Å². The van der Waals surface area contributed by atoms with Crippen molar-refractivity contribution >= 4 is 5.97 Å². The minimum atomic E-state index is -0.213. The second-order valence-corrected chi connectivity index (χ2v) is 6.03. The van der Waals surface area contributed by atoms with Crippen molar-refractivity contribution in [1.82, 2.24) is 10.2 Å².